The van der Waals surface area contributed by atoms with Crippen LogP contribution in [0.2, 0.25) is 0 Å². The van der Waals surface area contributed by atoms with Crippen LogP contribution in [0.1, 0.15) is 85.6 Å². The molecule has 1 aromatic heterocycles. The van der Waals surface area contributed by atoms with Crippen molar-refractivity contribution in [3.8, 4) is 0 Å². The van der Waals surface area contributed by atoms with E-state index in [4.69, 9.17) is 4.74 Å². The first kappa shape index (κ1) is 17.1. The lowest BCUT2D eigenvalue weighted by Gasteiger charge is -2.11. The average Bonchev–Trinajstić information content (AvgIpc) is 2.71. The van der Waals surface area contributed by atoms with Crippen LogP contribution in [0.5, 0.6) is 0 Å². The van der Waals surface area contributed by atoms with Crippen LogP contribution in [0.3, 0.4) is 0 Å². The SMILES string of the molecule is CCOC(=O)c1c2c(n(C)c1C)CCCCCCCCCC2. The first-order valence-corrected chi connectivity index (χ1v) is 9.01. The number of hydrogen-bond acceptors (Lipinski definition) is 2. The number of rotatable bonds is 2. The number of hydrogen-bond donors (Lipinski definition) is 0. The molecule has 3 heteroatoms. The van der Waals surface area contributed by atoms with Crippen molar-refractivity contribution in [1.82, 2.24) is 4.57 Å². The fourth-order valence-corrected chi connectivity index (χ4v) is 3.65. The zero-order valence-electron chi connectivity index (χ0n) is 14.5. The molecule has 2 rings (SSSR count). The summed E-state index contributed by atoms with van der Waals surface area (Å²) in [6.07, 6.45) is 12.5. The van der Waals surface area contributed by atoms with Crippen molar-refractivity contribution in [1.29, 1.82) is 0 Å². The van der Waals surface area contributed by atoms with Gasteiger partial charge in [-0.1, -0.05) is 38.5 Å². The summed E-state index contributed by atoms with van der Waals surface area (Å²) >= 11 is 0. The van der Waals surface area contributed by atoms with Gasteiger partial charge in [0.1, 0.15) is 0 Å². The Labute approximate surface area is 135 Å². The van der Waals surface area contributed by atoms with Gasteiger partial charge in [-0.25, -0.2) is 4.79 Å². The molecule has 3 nitrogen and oxygen atoms in total. The molecule has 0 bridgehead atoms. The highest BCUT2D eigenvalue weighted by molar-refractivity contribution is 5.93. The van der Waals surface area contributed by atoms with Gasteiger partial charge in [0.15, 0.2) is 0 Å². The maximum atomic E-state index is 12.4. The van der Waals surface area contributed by atoms with Gasteiger partial charge in [0, 0.05) is 18.4 Å². The van der Waals surface area contributed by atoms with Gasteiger partial charge in [-0.2, -0.15) is 0 Å². The van der Waals surface area contributed by atoms with E-state index >= 15 is 0 Å². The van der Waals surface area contributed by atoms with Gasteiger partial charge in [-0.05, 0) is 45.1 Å². The van der Waals surface area contributed by atoms with E-state index in [0.29, 0.717) is 6.61 Å². The number of aromatic nitrogens is 1. The molecule has 0 saturated carbocycles. The third-order valence-corrected chi connectivity index (χ3v) is 4.99. The standard InChI is InChI=1S/C19H31NO2/c1-4-22-19(21)18-15(2)20(3)17-14-12-10-8-6-5-7-9-11-13-16(17)18/h4-14H2,1-3H3. The summed E-state index contributed by atoms with van der Waals surface area (Å²) in [4.78, 5) is 12.4. The summed E-state index contributed by atoms with van der Waals surface area (Å²) < 4.78 is 7.54. The van der Waals surface area contributed by atoms with Crippen molar-refractivity contribution in [2.24, 2.45) is 7.05 Å². The van der Waals surface area contributed by atoms with Crippen LogP contribution in [-0.4, -0.2) is 17.1 Å². The van der Waals surface area contributed by atoms with Crippen molar-refractivity contribution in [3.05, 3.63) is 22.5 Å². The topological polar surface area (TPSA) is 31.2 Å². The molecule has 0 fully saturated rings. The van der Waals surface area contributed by atoms with Gasteiger partial charge in [-0.15, -0.1) is 0 Å². The molecule has 22 heavy (non-hydrogen) atoms. The minimum Gasteiger partial charge on any atom is -0.462 e. The number of ether oxygens (including phenoxy) is 1. The molecule has 1 aliphatic carbocycles. The van der Waals surface area contributed by atoms with E-state index in [0.717, 1.165) is 24.1 Å². The molecule has 124 valence electrons. The predicted molar refractivity (Wildman–Crippen MR) is 90.5 cm³/mol. The third kappa shape index (κ3) is 3.93. The Kier molecular flexibility index (Phi) is 6.53. The molecule has 0 atom stereocenters. The number of nitrogens with zero attached hydrogens (tertiary/aromatic N) is 1. The summed E-state index contributed by atoms with van der Waals surface area (Å²) in [5.74, 6) is -0.135. The Morgan fingerprint density at radius 2 is 1.55 bits per heavy atom. The second kappa shape index (κ2) is 8.40. The first-order valence-electron chi connectivity index (χ1n) is 9.01. The predicted octanol–water partition coefficient (Wildman–Crippen LogP) is 4.73. The van der Waals surface area contributed by atoms with Gasteiger partial charge in [0.05, 0.1) is 12.2 Å². The number of esters is 1. The van der Waals surface area contributed by atoms with Gasteiger partial charge >= 0.3 is 5.97 Å². The lowest BCUT2D eigenvalue weighted by atomic mass is 9.97. The highest BCUT2D eigenvalue weighted by Gasteiger charge is 2.24. The molecule has 0 unspecified atom stereocenters. The van der Waals surface area contributed by atoms with Gasteiger partial charge in [-0.3, -0.25) is 0 Å². The zero-order valence-corrected chi connectivity index (χ0v) is 14.5. The van der Waals surface area contributed by atoms with E-state index in [-0.39, 0.29) is 5.97 Å². The maximum absolute atomic E-state index is 12.4. The van der Waals surface area contributed by atoms with Crippen LogP contribution in [0.25, 0.3) is 0 Å². The van der Waals surface area contributed by atoms with Crippen molar-refractivity contribution >= 4 is 5.97 Å². The fraction of sp³-hybridized carbons (Fsp3) is 0.737. The molecule has 0 radical (unpaired) electrons. The Balaban J connectivity index is 2.31. The van der Waals surface area contributed by atoms with Crippen molar-refractivity contribution in [3.63, 3.8) is 0 Å². The molecular formula is C19H31NO2. The van der Waals surface area contributed by atoms with Crippen molar-refractivity contribution < 1.29 is 9.53 Å². The molecule has 0 spiro atoms. The van der Waals surface area contributed by atoms with E-state index in [1.807, 2.05) is 6.92 Å². The van der Waals surface area contributed by atoms with E-state index in [1.54, 1.807) is 0 Å². The van der Waals surface area contributed by atoms with Crippen LogP contribution < -0.4 is 0 Å². The minimum absolute atomic E-state index is 0.135. The normalized spacial score (nSPS) is 17.2. The van der Waals surface area contributed by atoms with E-state index < -0.39 is 0 Å². The Hall–Kier alpha value is -1.25. The lowest BCUT2D eigenvalue weighted by molar-refractivity contribution is 0.0524. The van der Waals surface area contributed by atoms with E-state index in [2.05, 4.69) is 18.5 Å². The number of carbonyl (C=O) groups excluding carboxylic acids is 1. The van der Waals surface area contributed by atoms with Crippen molar-refractivity contribution in [2.75, 3.05) is 6.61 Å². The van der Waals surface area contributed by atoms with Gasteiger partial charge < -0.3 is 9.30 Å². The maximum Gasteiger partial charge on any atom is 0.340 e. The summed E-state index contributed by atoms with van der Waals surface area (Å²) in [6, 6.07) is 0. The fourth-order valence-electron chi connectivity index (χ4n) is 3.65. The number of fused-ring (bicyclic) bond motifs is 1. The molecule has 1 aromatic rings. The lowest BCUT2D eigenvalue weighted by Crippen LogP contribution is -2.09. The summed E-state index contributed by atoms with van der Waals surface area (Å²) in [7, 11) is 2.10. The molecular weight excluding hydrogens is 274 g/mol. The Bertz CT molecular complexity index is 502. The molecule has 0 aliphatic heterocycles. The van der Waals surface area contributed by atoms with E-state index in [9.17, 15) is 4.79 Å². The second-order valence-corrected chi connectivity index (χ2v) is 6.49. The molecule has 1 aliphatic rings. The van der Waals surface area contributed by atoms with Gasteiger partial charge in [0.25, 0.3) is 0 Å². The quantitative estimate of drug-likeness (QED) is 0.740. The molecule has 0 saturated heterocycles. The smallest absolute Gasteiger partial charge is 0.340 e. The number of carbonyl (C=O) groups is 1. The Morgan fingerprint density at radius 1 is 1.00 bits per heavy atom. The molecule has 0 N–H and O–H groups in total. The van der Waals surface area contributed by atoms with Gasteiger partial charge in [0.2, 0.25) is 0 Å². The van der Waals surface area contributed by atoms with Crippen molar-refractivity contribution in [2.45, 2.75) is 78.1 Å². The molecule has 0 aromatic carbocycles. The Morgan fingerprint density at radius 3 is 2.14 bits per heavy atom. The summed E-state index contributed by atoms with van der Waals surface area (Å²) in [5.41, 5.74) is 4.54. The van der Waals surface area contributed by atoms with Crippen LogP contribution in [-0.2, 0) is 24.6 Å². The third-order valence-electron chi connectivity index (χ3n) is 4.99. The highest BCUT2D eigenvalue weighted by Crippen LogP contribution is 2.27. The zero-order chi connectivity index (χ0) is 15.9. The average molecular weight is 305 g/mol. The molecule has 1 heterocycles. The largest absolute Gasteiger partial charge is 0.462 e. The van der Waals surface area contributed by atoms with Crippen LogP contribution in [0, 0.1) is 6.92 Å². The monoisotopic (exact) mass is 305 g/mol. The molecule has 0 amide bonds. The highest BCUT2D eigenvalue weighted by atomic mass is 16.5. The second-order valence-electron chi connectivity index (χ2n) is 6.49. The van der Waals surface area contributed by atoms with Crippen LogP contribution in [0.4, 0.5) is 0 Å². The minimum atomic E-state index is -0.135. The first-order chi connectivity index (χ1) is 10.7. The van der Waals surface area contributed by atoms with E-state index in [1.165, 1.54) is 62.6 Å². The summed E-state index contributed by atoms with van der Waals surface area (Å²) in [5, 5.41) is 0. The van der Waals surface area contributed by atoms with Crippen LogP contribution >= 0.6 is 0 Å². The summed E-state index contributed by atoms with van der Waals surface area (Å²) in [6.45, 7) is 4.38. The van der Waals surface area contributed by atoms with Crippen LogP contribution in [0.15, 0.2) is 0 Å².